The van der Waals surface area contributed by atoms with E-state index >= 15 is 0 Å². The Kier molecular flexibility index (Phi) is 3.86. The standard InChI is InChI=1S/C19H20N2O3/c22-14-4-8-16(9-5-14)24-15-6-1-12(2-7-15)19(23)21-18-11-13-3-10-17(18)20-13/h1-2,4-9,13,17-18,20,22H,3,10-11H2,(H,21,23). The average molecular weight is 324 g/mol. The molecule has 3 atom stereocenters. The molecule has 1 amide bonds. The molecule has 0 radical (unpaired) electrons. The molecule has 4 rings (SSSR count). The Hall–Kier alpha value is -2.53. The molecule has 2 bridgehead atoms. The molecule has 0 saturated carbocycles. The molecule has 0 aliphatic carbocycles. The van der Waals surface area contributed by atoms with Crippen LogP contribution < -0.4 is 15.4 Å². The van der Waals surface area contributed by atoms with Gasteiger partial charge >= 0.3 is 0 Å². The fourth-order valence-electron chi connectivity index (χ4n) is 3.56. The molecule has 3 unspecified atom stereocenters. The van der Waals surface area contributed by atoms with Crippen molar-refractivity contribution in [2.45, 2.75) is 37.4 Å². The predicted octanol–water partition coefficient (Wildman–Crippen LogP) is 2.81. The summed E-state index contributed by atoms with van der Waals surface area (Å²) in [6.45, 7) is 0. The number of phenolic OH excluding ortho intramolecular Hbond substituents is 1. The first-order valence-corrected chi connectivity index (χ1v) is 8.31. The van der Waals surface area contributed by atoms with Crippen molar-refractivity contribution in [2.75, 3.05) is 0 Å². The first kappa shape index (κ1) is 15.0. The maximum atomic E-state index is 12.4. The number of phenols is 1. The SMILES string of the molecule is O=C(NC1CC2CCC1N2)c1ccc(Oc2ccc(O)cc2)cc1. The van der Waals surface area contributed by atoms with Gasteiger partial charge in [0.25, 0.3) is 5.91 Å². The second-order valence-electron chi connectivity index (χ2n) is 6.48. The first-order chi connectivity index (χ1) is 11.7. The highest BCUT2D eigenvalue weighted by molar-refractivity contribution is 5.94. The molecule has 24 heavy (non-hydrogen) atoms. The van der Waals surface area contributed by atoms with E-state index in [0.717, 1.165) is 12.8 Å². The summed E-state index contributed by atoms with van der Waals surface area (Å²) in [6.07, 6.45) is 3.40. The Bertz CT molecular complexity index is 727. The minimum absolute atomic E-state index is 0.0365. The highest BCUT2D eigenvalue weighted by Gasteiger charge is 2.39. The summed E-state index contributed by atoms with van der Waals surface area (Å²) in [5, 5.41) is 15.9. The first-order valence-electron chi connectivity index (χ1n) is 8.31. The summed E-state index contributed by atoms with van der Waals surface area (Å²) in [5.74, 6) is 1.45. The van der Waals surface area contributed by atoms with Crippen LogP contribution in [0, 0.1) is 0 Å². The van der Waals surface area contributed by atoms with Crippen LogP contribution in [-0.2, 0) is 0 Å². The van der Waals surface area contributed by atoms with E-state index in [-0.39, 0.29) is 17.7 Å². The third kappa shape index (κ3) is 3.08. The second-order valence-corrected chi connectivity index (χ2v) is 6.48. The highest BCUT2D eigenvalue weighted by Crippen LogP contribution is 2.28. The van der Waals surface area contributed by atoms with Gasteiger partial charge in [-0.15, -0.1) is 0 Å². The van der Waals surface area contributed by atoms with Crippen LogP contribution in [0.3, 0.4) is 0 Å². The van der Waals surface area contributed by atoms with E-state index in [1.807, 2.05) is 0 Å². The number of ether oxygens (including phenoxy) is 1. The molecule has 2 aromatic rings. The molecule has 2 heterocycles. The molecule has 2 saturated heterocycles. The topological polar surface area (TPSA) is 70.6 Å². The van der Waals surface area contributed by atoms with Crippen LogP contribution >= 0.6 is 0 Å². The minimum Gasteiger partial charge on any atom is -0.508 e. The lowest BCUT2D eigenvalue weighted by Gasteiger charge is -2.21. The van der Waals surface area contributed by atoms with Crippen molar-refractivity contribution in [3.63, 3.8) is 0 Å². The number of rotatable bonds is 4. The van der Waals surface area contributed by atoms with Gasteiger partial charge in [0.2, 0.25) is 0 Å². The van der Waals surface area contributed by atoms with Gasteiger partial charge in [-0.2, -0.15) is 0 Å². The van der Waals surface area contributed by atoms with Crippen molar-refractivity contribution in [1.82, 2.24) is 10.6 Å². The molecule has 5 heteroatoms. The number of hydrogen-bond acceptors (Lipinski definition) is 4. The van der Waals surface area contributed by atoms with E-state index in [9.17, 15) is 9.90 Å². The summed E-state index contributed by atoms with van der Waals surface area (Å²) in [7, 11) is 0. The zero-order valence-corrected chi connectivity index (χ0v) is 13.2. The van der Waals surface area contributed by atoms with Crippen LogP contribution in [0.5, 0.6) is 17.2 Å². The largest absolute Gasteiger partial charge is 0.508 e. The van der Waals surface area contributed by atoms with Gasteiger partial charge in [-0.25, -0.2) is 0 Å². The summed E-state index contributed by atoms with van der Waals surface area (Å²) < 4.78 is 5.69. The van der Waals surface area contributed by atoms with E-state index in [1.54, 1.807) is 48.5 Å². The predicted molar refractivity (Wildman–Crippen MR) is 90.4 cm³/mol. The number of aromatic hydroxyl groups is 1. The van der Waals surface area contributed by atoms with Crippen LogP contribution in [0.1, 0.15) is 29.6 Å². The summed E-state index contributed by atoms with van der Waals surface area (Å²) in [6, 6.07) is 14.9. The molecule has 5 nitrogen and oxygen atoms in total. The Balaban J connectivity index is 1.38. The van der Waals surface area contributed by atoms with E-state index in [0.29, 0.717) is 29.1 Å². The molecule has 3 N–H and O–H groups in total. The molecule has 124 valence electrons. The van der Waals surface area contributed by atoms with Gasteiger partial charge in [0.15, 0.2) is 0 Å². The molecular weight excluding hydrogens is 304 g/mol. The van der Waals surface area contributed by atoms with Crippen LogP contribution in [0.25, 0.3) is 0 Å². The zero-order valence-electron chi connectivity index (χ0n) is 13.2. The maximum Gasteiger partial charge on any atom is 0.251 e. The number of nitrogens with one attached hydrogen (secondary N) is 2. The van der Waals surface area contributed by atoms with E-state index in [1.165, 1.54) is 6.42 Å². The molecular formula is C19H20N2O3. The van der Waals surface area contributed by atoms with E-state index in [2.05, 4.69) is 10.6 Å². The van der Waals surface area contributed by atoms with Crippen molar-refractivity contribution < 1.29 is 14.6 Å². The quantitative estimate of drug-likeness (QED) is 0.809. The van der Waals surface area contributed by atoms with Crippen LogP contribution in [0.2, 0.25) is 0 Å². The fraction of sp³-hybridized carbons (Fsp3) is 0.316. The van der Waals surface area contributed by atoms with Gasteiger partial charge in [-0.3, -0.25) is 4.79 Å². The Morgan fingerprint density at radius 3 is 2.29 bits per heavy atom. The highest BCUT2D eigenvalue weighted by atomic mass is 16.5. The van der Waals surface area contributed by atoms with Crippen molar-refractivity contribution in [1.29, 1.82) is 0 Å². The van der Waals surface area contributed by atoms with Crippen molar-refractivity contribution in [3.05, 3.63) is 54.1 Å². The lowest BCUT2D eigenvalue weighted by Crippen LogP contribution is -2.42. The molecule has 2 aliphatic rings. The maximum absolute atomic E-state index is 12.4. The smallest absolute Gasteiger partial charge is 0.251 e. The normalized spacial score (nSPS) is 24.8. The Labute approximate surface area is 140 Å². The number of carbonyl (C=O) groups is 1. The summed E-state index contributed by atoms with van der Waals surface area (Å²) in [4.78, 5) is 12.4. The van der Waals surface area contributed by atoms with Gasteiger partial charge in [-0.05, 0) is 67.8 Å². The van der Waals surface area contributed by atoms with E-state index < -0.39 is 0 Å². The zero-order chi connectivity index (χ0) is 16.5. The van der Waals surface area contributed by atoms with Gasteiger partial charge < -0.3 is 20.5 Å². The van der Waals surface area contributed by atoms with Crippen LogP contribution in [0.15, 0.2) is 48.5 Å². The third-order valence-corrected chi connectivity index (χ3v) is 4.81. The van der Waals surface area contributed by atoms with Crippen LogP contribution in [-0.4, -0.2) is 29.1 Å². The monoisotopic (exact) mass is 324 g/mol. The number of carbonyl (C=O) groups excluding carboxylic acids is 1. The average Bonchev–Trinajstić information content (AvgIpc) is 3.20. The second kappa shape index (κ2) is 6.17. The van der Waals surface area contributed by atoms with Gasteiger partial charge in [0, 0.05) is 23.7 Å². The number of amides is 1. The van der Waals surface area contributed by atoms with Gasteiger partial charge in [-0.1, -0.05) is 0 Å². The molecule has 2 aromatic carbocycles. The lowest BCUT2D eigenvalue weighted by atomic mass is 9.95. The molecule has 0 aromatic heterocycles. The van der Waals surface area contributed by atoms with Crippen LogP contribution in [0.4, 0.5) is 0 Å². The number of benzene rings is 2. The molecule has 2 aliphatic heterocycles. The van der Waals surface area contributed by atoms with Crippen molar-refractivity contribution in [2.24, 2.45) is 0 Å². The fourth-order valence-corrected chi connectivity index (χ4v) is 3.56. The minimum atomic E-state index is -0.0365. The van der Waals surface area contributed by atoms with Gasteiger partial charge in [0.05, 0.1) is 0 Å². The van der Waals surface area contributed by atoms with E-state index in [4.69, 9.17) is 4.74 Å². The number of fused-ring (bicyclic) bond motifs is 2. The summed E-state index contributed by atoms with van der Waals surface area (Å²) in [5.41, 5.74) is 0.635. The number of hydrogen-bond donors (Lipinski definition) is 3. The van der Waals surface area contributed by atoms with Crippen molar-refractivity contribution >= 4 is 5.91 Å². The Morgan fingerprint density at radius 2 is 1.71 bits per heavy atom. The summed E-state index contributed by atoms with van der Waals surface area (Å²) >= 11 is 0. The lowest BCUT2D eigenvalue weighted by molar-refractivity contribution is 0.0931. The molecule has 0 spiro atoms. The molecule has 2 fully saturated rings. The van der Waals surface area contributed by atoms with Crippen molar-refractivity contribution in [3.8, 4) is 17.2 Å². The Morgan fingerprint density at radius 1 is 1.04 bits per heavy atom. The van der Waals surface area contributed by atoms with Gasteiger partial charge in [0.1, 0.15) is 17.2 Å². The third-order valence-electron chi connectivity index (χ3n) is 4.81.